The molecule has 0 saturated carbocycles. The lowest BCUT2D eigenvalue weighted by atomic mass is 9.92. The average molecular weight is 262 g/mol. The van der Waals surface area contributed by atoms with Crippen LogP contribution in [0.1, 0.15) is 45.3 Å². The lowest BCUT2D eigenvalue weighted by Gasteiger charge is -2.35. The molecule has 0 aromatic heterocycles. The van der Waals surface area contributed by atoms with Crippen molar-refractivity contribution in [2.45, 2.75) is 45.3 Å². The van der Waals surface area contributed by atoms with E-state index >= 15 is 0 Å². The molecule has 1 heterocycles. The minimum atomic E-state index is -0.474. The van der Waals surface area contributed by atoms with Gasteiger partial charge in [0.1, 0.15) is 23.7 Å². The van der Waals surface area contributed by atoms with E-state index in [1.807, 2.05) is 32.0 Å². The van der Waals surface area contributed by atoms with E-state index in [1.54, 1.807) is 0 Å². The van der Waals surface area contributed by atoms with E-state index in [9.17, 15) is 5.11 Å². The topological polar surface area (TPSA) is 38.7 Å². The molecule has 1 atom stereocenters. The van der Waals surface area contributed by atoms with Crippen LogP contribution in [0.3, 0.4) is 0 Å². The van der Waals surface area contributed by atoms with Gasteiger partial charge in [-0.1, -0.05) is 13.5 Å². The van der Waals surface area contributed by atoms with Gasteiger partial charge in [-0.2, -0.15) is 0 Å². The Balaban J connectivity index is 2.16. The molecular formula is C16H22O3. The number of rotatable bonds is 4. The molecule has 104 valence electrons. The Morgan fingerprint density at radius 1 is 1.53 bits per heavy atom. The Morgan fingerprint density at radius 3 is 2.95 bits per heavy atom. The van der Waals surface area contributed by atoms with Gasteiger partial charge < -0.3 is 14.6 Å². The number of ether oxygens (including phenoxy) is 2. The highest BCUT2D eigenvalue weighted by atomic mass is 16.5. The van der Waals surface area contributed by atoms with Gasteiger partial charge in [0.2, 0.25) is 0 Å². The first-order valence-electron chi connectivity index (χ1n) is 6.72. The van der Waals surface area contributed by atoms with Crippen LogP contribution in [-0.2, 0) is 0 Å². The fraction of sp³-hybridized carbons (Fsp3) is 0.500. The minimum absolute atomic E-state index is 0.349. The first-order chi connectivity index (χ1) is 8.91. The van der Waals surface area contributed by atoms with Crippen LogP contribution >= 0.6 is 0 Å². The van der Waals surface area contributed by atoms with Crippen LogP contribution in [0.2, 0.25) is 0 Å². The van der Waals surface area contributed by atoms with E-state index in [2.05, 4.69) is 13.5 Å². The smallest absolute Gasteiger partial charge is 0.129 e. The Kier molecular flexibility index (Phi) is 3.85. The highest BCUT2D eigenvalue weighted by Crippen LogP contribution is 2.41. The second kappa shape index (κ2) is 5.25. The average Bonchev–Trinajstić information content (AvgIpc) is 2.33. The molecule has 1 aromatic carbocycles. The largest absolute Gasteiger partial charge is 0.489 e. The van der Waals surface area contributed by atoms with Crippen LogP contribution < -0.4 is 9.47 Å². The highest BCUT2D eigenvalue weighted by molar-refractivity contribution is 5.44. The van der Waals surface area contributed by atoms with Crippen LogP contribution in [-0.4, -0.2) is 17.3 Å². The molecule has 0 radical (unpaired) electrons. The molecule has 1 aliphatic heterocycles. The standard InChI is InChI=1S/C16H22O3/c1-5-11(2)10-18-12-6-7-13-14(17)9-16(3,4)19-15(13)8-12/h6-8,14,17H,2,5,9-10H2,1,3-4H3. The van der Waals surface area contributed by atoms with Crippen molar-refractivity contribution in [2.75, 3.05) is 6.61 Å². The predicted octanol–water partition coefficient (Wildman–Crippen LogP) is 3.63. The Morgan fingerprint density at radius 2 is 2.26 bits per heavy atom. The third-order valence-corrected chi connectivity index (χ3v) is 3.36. The molecule has 1 unspecified atom stereocenters. The van der Waals surface area contributed by atoms with Gasteiger partial charge in [-0.05, 0) is 38.0 Å². The van der Waals surface area contributed by atoms with Crippen LogP contribution in [0.25, 0.3) is 0 Å². The van der Waals surface area contributed by atoms with E-state index in [-0.39, 0.29) is 5.60 Å². The van der Waals surface area contributed by atoms with Gasteiger partial charge in [0.05, 0.1) is 6.10 Å². The molecule has 3 heteroatoms. The SMILES string of the molecule is C=C(CC)COc1ccc2c(c1)OC(C)(C)CC2O. The van der Waals surface area contributed by atoms with Gasteiger partial charge >= 0.3 is 0 Å². The number of aliphatic hydroxyl groups is 1. The first-order valence-corrected chi connectivity index (χ1v) is 6.72. The highest BCUT2D eigenvalue weighted by Gasteiger charge is 2.32. The summed E-state index contributed by atoms with van der Waals surface area (Å²) in [5.41, 5.74) is 1.54. The summed E-state index contributed by atoms with van der Waals surface area (Å²) >= 11 is 0. The van der Waals surface area contributed by atoms with Crippen molar-refractivity contribution in [1.82, 2.24) is 0 Å². The van der Waals surface area contributed by atoms with Crippen molar-refractivity contribution in [3.8, 4) is 11.5 Å². The van der Waals surface area contributed by atoms with E-state index in [0.717, 1.165) is 23.3 Å². The fourth-order valence-electron chi connectivity index (χ4n) is 2.17. The molecule has 0 amide bonds. The number of hydrogen-bond donors (Lipinski definition) is 1. The van der Waals surface area contributed by atoms with Crippen LogP contribution in [0, 0.1) is 0 Å². The number of hydrogen-bond acceptors (Lipinski definition) is 3. The monoisotopic (exact) mass is 262 g/mol. The molecule has 2 rings (SSSR count). The molecular weight excluding hydrogens is 240 g/mol. The molecule has 0 fully saturated rings. The van der Waals surface area contributed by atoms with Gasteiger partial charge in [-0.15, -0.1) is 0 Å². The second-order valence-corrected chi connectivity index (χ2v) is 5.67. The van der Waals surface area contributed by atoms with Crippen LogP contribution in [0.5, 0.6) is 11.5 Å². The molecule has 3 nitrogen and oxygen atoms in total. The summed E-state index contributed by atoms with van der Waals surface area (Å²) in [6, 6.07) is 5.59. The zero-order valence-electron chi connectivity index (χ0n) is 11.9. The van der Waals surface area contributed by atoms with Crippen LogP contribution in [0.15, 0.2) is 30.4 Å². The van der Waals surface area contributed by atoms with Crippen molar-refractivity contribution >= 4 is 0 Å². The van der Waals surface area contributed by atoms with Gasteiger partial charge in [-0.3, -0.25) is 0 Å². The molecule has 0 aliphatic carbocycles. The Hall–Kier alpha value is -1.48. The molecule has 0 spiro atoms. The van der Waals surface area contributed by atoms with Gasteiger partial charge in [-0.25, -0.2) is 0 Å². The number of fused-ring (bicyclic) bond motifs is 1. The summed E-state index contributed by atoms with van der Waals surface area (Å²) in [6.07, 6.45) is 1.04. The van der Waals surface area contributed by atoms with Crippen molar-refractivity contribution in [3.63, 3.8) is 0 Å². The fourth-order valence-corrected chi connectivity index (χ4v) is 2.17. The van der Waals surface area contributed by atoms with E-state index in [4.69, 9.17) is 9.47 Å². The quantitative estimate of drug-likeness (QED) is 0.842. The van der Waals surface area contributed by atoms with Crippen molar-refractivity contribution in [3.05, 3.63) is 35.9 Å². The summed E-state index contributed by atoms with van der Waals surface area (Å²) in [5.74, 6) is 1.46. The number of aliphatic hydroxyl groups excluding tert-OH is 1. The second-order valence-electron chi connectivity index (χ2n) is 5.67. The van der Waals surface area contributed by atoms with Crippen LogP contribution in [0.4, 0.5) is 0 Å². The summed E-state index contributed by atoms with van der Waals surface area (Å²) in [4.78, 5) is 0. The lowest BCUT2D eigenvalue weighted by molar-refractivity contribution is 0.0113. The van der Waals surface area contributed by atoms with Crippen molar-refractivity contribution in [2.24, 2.45) is 0 Å². The van der Waals surface area contributed by atoms with E-state index in [1.165, 1.54) is 0 Å². The summed E-state index contributed by atoms with van der Waals surface area (Å²) in [7, 11) is 0. The molecule has 0 bridgehead atoms. The van der Waals surface area contributed by atoms with E-state index in [0.29, 0.717) is 18.8 Å². The predicted molar refractivity (Wildman–Crippen MR) is 75.7 cm³/mol. The molecule has 1 aliphatic rings. The Labute approximate surface area is 114 Å². The van der Waals surface area contributed by atoms with Crippen molar-refractivity contribution in [1.29, 1.82) is 0 Å². The molecule has 19 heavy (non-hydrogen) atoms. The normalized spacial score (nSPS) is 20.3. The van der Waals surface area contributed by atoms with E-state index < -0.39 is 6.10 Å². The van der Waals surface area contributed by atoms with Crippen molar-refractivity contribution < 1.29 is 14.6 Å². The van der Waals surface area contributed by atoms with Gasteiger partial charge in [0.25, 0.3) is 0 Å². The maximum atomic E-state index is 10.1. The molecule has 1 N–H and O–H groups in total. The third kappa shape index (κ3) is 3.29. The number of benzene rings is 1. The maximum absolute atomic E-state index is 10.1. The molecule has 1 aromatic rings. The van der Waals surface area contributed by atoms with Gasteiger partial charge in [0.15, 0.2) is 0 Å². The summed E-state index contributed by atoms with van der Waals surface area (Å²) < 4.78 is 11.6. The Bertz CT molecular complexity index is 477. The zero-order chi connectivity index (χ0) is 14.0. The minimum Gasteiger partial charge on any atom is -0.489 e. The van der Waals surface area contributed by atoms with Gasteiger partial charge in [0, 0.05) is 18.1 Å². The zero-order valence-corrected chi connectivity index (χ0v) is 11.9. The summed E-state index contributed by atoms with van der Waals surface area (Å²) in [6.45, 7) is 10.4. The third-order valence-electron chi connectivity index (χ3n) is 3.36. The maximum Gasteiger partial charge on any atom is 0.129 e. The molecule has 0 saturated heterocycles. The lowest BCUT2D eigenvalue weighted by Crippen LogP contribution is -2.34. The first kappa shape index (κ1) is 13.9. The summed E-state index contributed by atoms with van der Waals surface area (Å²) in [5, 5.41) is 10.1.